The van der Waals surface area contributed by atoms with Gasteiger partial charge in [-0.3, -0.25) is 9.59 Å². The van der Waals surface area contributed by atoms with Gasteiger partial charge in [0, 0.05) is 37.0 Å². The third-order valence-corrected chi connectivity index (χ3v) is 4.57. The second kappa shape index (κ2) is 9.82. The smallest absolute Gasteiger partial charge is 0.252 e. The van der Waals surface area contributed by atoms with Crippen molar-refractivity contribution in [3.05, 3.63) is 22.4 Å². The Labute approximate surface area is 141 Å². The Morgan fingerprint density at radius 2 is 2.14 bits per heavy atom. The van der Waals surface area contributed by atoms with Gasteiger partial charge in [0.15, 0.2) is 0 Å². The highest BCUT2D eigenvalue weighted by atomic mass is 35.5. The average molecular weight is 346 g/mol. The van der Waals surface area contributed by atoms with Crippen LogP contribution >= 0.6 is 23.7 Å². The lowest BCUT2D eigenvalue weighted by atomic mass is 10.0. The number of thiophene rings is 1. The van der Waals surface area contributed by atoms with Crippen molar-refractivity contribution < 1.29 is 9.59 Å². The zero-order chi connectivity index (χ0) is 15.1. The number of hydrogen-bond donors (Lipinski definition) is 2. The van der Waals surface area contributed by atoms with Crippen LogP contribution in [0.3, 0.4) is 0 Å². The highest BCUT2D eigenvalue weighted by Gasteiger charge is 2.21. The van der Waals surface area contributed by atoms with E-state index in [0.29, 0.717) is 31.0 Å². The lowest BCUT2D eigenvalue weighted by molar-refractivity contribution is -0.132. The van der Waals surface area contributed by atoms with Crippen LogP contribution in [0.5, 0.6) is 0 Å². The number of piperidine rings is 1. The third kappa shape index (κ3) is 5.59. The number of hydrogen-bond acceptors (Lipinski definition) is 4. The predicted molar refractivity (Wildman–Crippen MR) is 91.8 cm³/mol. The molecule has 0 spiro atoms. The SMILES string of the molecule is CN(C(=O)CCCNC(=O)c1ccsc1)C1CCNCC1.Cl. The third-order valence-electron chi connectivity index (χ3n) is 3.89. The summed E-state index contributed by atoms with van der Waals surface area (Å²) in [7, 11) is 1.89. The average Bonchev–Trinajstić information content (AvgIpc) is 3.05. The van der Waals surface area contributed by atoms with Crippen molar-refractivity contribution in [3.8, 4) is 0 Å². The highest BCUT2D eigenvalue weighted by molar-refractivity contribution is 7.08. The molecule has 5 nitrogen and oxygen atoms in total. The molecule has 1 saturated heterocycles. The van der Waals surface area contributed by atoms with E-state index in [1.54, 1.807) is 6.07 Å². The fourth-order valence-corrected chi connectivity index (χ4v) is 3.15. The molecule has 0 saturated carbocycles. The molecule has 2 N–H and O–H groups in total. The van der Waals surface area contributed by atoms with Gasteiger partial charge >= 0.3 is 0 Å². The molecule has 1 aliphatic heterocycles. The van der Waals surface area contributed by atoms with Crippen molar-refractivity contribution in [3.63, 3.8) is 0 Å². The number of carbonyl (C=O) groups is 2. The summed E-state index contributed by atoms with van der Waals surface area (Å²) in [5.74, 6) is 0.113. The summed E-state index contributed by atoms with van der Waals surface area (Å²) >= 11 is 1.51. The molecule has 0 atom stereocenters. The van der Waals surface area contributed by atoms with Gasteiger partial charge in [0.05, 0.1) is 0 Å². The number of carbonyl (C=O) groups excluding carboxylic acids is 2. The molecule has 22 heavy (non-hydrogen) atoms. The molecule has 1 aliphatic rings. The summed E-state index contributed by atoms with van der Waals surface area (Å²) < 4.78 is 0. The fraction of sp³-hybridized carbons (Fsp3) is 0.600. The first kappa shape index (κ1) is 18.9. The number of nitrogens with one attached hydrogen (secondary N) is 2. The van der Waals surface area contributed by atoms with Crippen molar-refractivity contribution in [1.82, 2.24) is 15.5 Å². The number of halogens is 1. The molecule has 0 radical (unpaired) electrons. The van der Waals surface area contributed by atoms with Crippen LogP contribution in [-0.2, 0) is 4.79 Å². The standard InChI is InChI=1S/C15H23N3O2S.ClH/c1-18(13-4-8-16-9-5-13)14(19)3-2-7-17-15(20)12-6-10-21-11-12;/h6,10-11,13,16H,2-5,7-9H2,1H3,(H,17,20);1H. The summed E-state index contributed by atoms with van der Waals surface area (Å²) in [5, 5.41) is 9.85. The van der Waals surface area contributed by atoms with Crippen molar-refractivity contribution in [2.75, 3.05) is 26.7 Å². The topological polar surface area (TPSA) is 61.4 Å². The summed E-state index contributed by atoms with van der Waals surface area (Å²) in [6.45, 7) is 2.51. The Morgan fingerprint density at radius 1 is 1.41 bits per heavy atom. The summed E-state index contributed by atoms with van der Waals surface area (Å²) in [6.07, 6.45) is 3.22. The molecule has 0 aromatic carbocycles. The normalized spacial score (nSPS) is 15.0. The second-order valence-electron chi connectivity index (χ2n) is 5.36. The molecular formula is C15H24ClN3O2S. The number of amides is 2. The minimum atomic E-state index is -0.0598. The number of nitrogens with zero attached hydrogens (tertiary/aromatic N) is 1. The van der Waals surface area contributed by atoms with Gasteiger partial charge in [-0.2, -0.15) is 11.3 Å². The maximum absolute atomic E-state index is 12.1. The van der Waals surface area contributed by atoms with Crippen molar-refractivity contribution in [2.24, 2.45) is 0 Å². The Balaban J connectivity index is 0.00000242. The van der Waals surface area contributed by atoms with Gasteiger partial charge in [0.25, 0.3) is 5.91 Å². The van der Waals surface area contributed by atoms with E-state index in [-0.39, 0.29) is 24.2 Å². The Morgan fingerprint density at radius 3 is 2.77 bits per heavy atom. The van der Waals surface area contributed by atoms with E-state index in [9.17, 15) is 9.59 Å². The van der Waals surface area contributed by atoms with Gasteiger partial charge in [-0.25, -0.2) is 0 Å². The molecule has 124 valence electrons. The molecule has 0 bridgehead atoms. The first-order chi connectivity index (χ1) is 10.2. The molecule has 1 aromatic heterocycles. The molecule has 1 fully saturated rings. The lowest BCUT2D eigenvalue weighted by Crippen LogP contribution is -2.44. The molecular weight excluding hydrogens is 322 g/mol. The Hall–Kier alpha value is -1.11. The van der Waals surface area contributed by atoms with Gasteiger partial charge in [-0.05, 0) is 43.8 Å². The van der Waals surface area contributed by atoms with E-state index in [1.807, 2.05) is 22.7 Å². The van der Waals surface area contributed by atoms with Crippen LogP contribution in [-0.4, -0.2) is 49.4 Å². The van der Waals surface area contributed by atoms with E-state index in [1.165, 1.54) is 11.3 Å². The van der Waals surface area contributed by atoms with Gasteiger partial charge in [0.2, 0.25) is 5.91 Å². The largest absolute Gasteiger partial charge is 0.352 e. The Kier molecular flexibility index (Phi) is 8.45. The van der Waals surface area contributed by atoms with E-state index in [0.717, 1.165) is 25.9 Å². The van der Waals surface area contributed by atoms with Crippen LogP contribution in [0.1, 0.15) is 36.0 Å². The number of rotatable bonds is 6. The minimum absolute atomic E-state index is 0. The first-order valence-corrected chi connectivity index (χ1v) is 8.39. The zero-order valence-corrected chi connectivity index (χ0v) is 14.5. The van der Waals surface area contributed by atoms with Crippen LogP contribution in [0.25, 0.3) is 0 Å². The summed E-state index contributed by atoms with van der Waals surface area (Å²) in [6, 6.07) is 2.16. The molecule has 1 aromatic rings. The van der Waals surface area contributed by atoms with Crippen LogP contribution in [0, 0.1) is 0 Å². The van der Waals surface area contributed by atoms with Crippen LogP contribution in [0.2, 0.25) is 0 Å². The zero-order valence-electron chi connectivity index (χ0n) is 12.8. The van der Waals surface area contributed by atoms with Crippen molar-refractivity contribution >= 4 is 35.6 Å². The van der Waals surface area contributed by atoms with Crippen LogP contribution < -0.4 is 10.6 Å². The molecule has 2 heterocycles. The van der Waals surface area contributed by atoms with E-state index >= 15 is 0 Å². The molecule has 0 unspecified atom stereocenters. The van der Waals surface area contributed by atoms with Gasteiger partial charge < -0.3 is 15.5 Å². The lowest BCUT2D eigenvalue weighted by Gasteiger charge is -2.31. The fourth-order valence-electron chi connectivity index (χ4n) is 2.51. The molecule has 7 heteroatoms. The quantitative estimate of drug-likeness (QED) is 0.774. The summed E-state index contributed by atoms with van der Waals surface area (Å²) in [5.41, 5.74) is 0.693. The van der Waals surface area contributed by atoms with Crippen LogP contribution in [0.4, 0.5) is 0 Å². The van der Waals surface area contributed by atoms with Crippen LogP contribution in [0.15, 0.2) is 16.8 Å². The first-order valence-electron chi connectivity index (χ1n) is 7.45. The second-order valence-corrected chi connectivity index (χ2v) is 6.14. The minimum Gasteiger partial charge on any atom is -0.352 e. The van der Waals surface area contributed by atoms with Gasteiger partial charge in [-0.15, -0.1) is 12.4 Å². The van der Waals surface area contributed by atoms with E-state index in [2.05, 4.69) is 10.6 Å². The summed E-state index contributed by atoms with van der Waals surface area (Å²) in [4.78, 5) is 25.7. The predicted octanol–water partition coefficient (Wildman–Crippen LogP) is 1.89. The molecule has 0 aliphatic carbocycles. The maximum atomic E-state index is 12.1. The highest BCUT2D eigenvalue weighted by Crippen LogP contribution is 2.11. The van der Waals surface area contributed by atoms with Gasteiger partial charge in [0.1, 0.15) is 0 Å². The Bertz CT molecular complexity index is 461. The van der Waals surface area contributed by atoms with E-state index in [4.69, 9.17) is 0 Å². The molecule has 2 rings (SSSR count). The molecule has 2 amide bonds. The van der Waals surface area contributed by atoms with Crippen molar-refractivity contribution in [1.29, 1.82) is 0 Å². The van der Waals surface area contributed by atoms with E-state index < -0.39 is 0 Å². The maximum Gasteiger partial charge on any atom is 0.252 e. The van der Waals surface area contributed by atoms with Gasteiger partial charge in [-0.1, -0.05) is 0 Å². The van der Waals surface area contributed by atoms with Crippen molar-refractivity contribution in [2.45, 2.75) is 31.7 Å². The monoisotopic (exact) mass is 345 g/mol.